The molecular formula is C14H12FNOS2. The molecular weight excluding hydrogens is 281 g/mol. The van der Waals surface area contributed by atoms with Gasteiger partial charge in [0.2, 0.25) is 0 Å². The Hall–Kier alpha value is -1.59. The lowest BCUT2D eigenvalue weighted by atomic mass is 10.2. The van der Waals surface area contributed by atoms with Crippen molar-refractivity contribution < 1.29 is 9.13 Å². The minimum Gasteiger partial charge on any atom is -0.455 e. The Morgan fingerprint density at radius 1 is 1.16 bits per heavy atom. The van der Waals surface area contributed by atoms with Crippen LogP contribution in [0.5, 0.6) is 11.5 Å². The van der Waals surface area contributed by atoms with Crippen molar-refractivity contribution >= 4 is 29.0 Å². The number of halogens is 1. The van der Waals surface area contributed by atoms with Crippen molar-refractivity contribution in [2.45, 2.75) is 4.90 Å². The molecule has 0 fully saturated rings. The number of ether oxygens (including phenoxy) is 1. The summed E-state index contributed by atoms with van der Waals surface area (Å²) in [6.07, 6.45) is 1.95. The summed E-state index contributed by atoms with van der Waals surface area (Å²) < 4.78 is 19.5. The SMILES string of the molecule is CSc1ccccc1Oc1cccc(F)c1C(N)=S. The van der Waals surface area contributed by atoms with E-state index in [-0.39, 0.29) is 10.6 Å². The van der Waals surface area contributed by atoms with Crippen LogP contribution in [0.15, 0.2) is 47.4 Å². The number of thiocarbonyl (C=S) groups is 1. The average molecular weight is 293 g/mol. The number of hydrogen-bond donors (Lipinski definition) is 1. The summed E-state index contributed by atoms with van der Waals surface area (Å²) in [5.74, 6) is 0.499. The molecule has 2 rings (SSSR count). The molecule has 0 saturated carbocycles. The largest absolute Gasteiger partial charge is 0.455 e. The Morgan fingerprint density at radius 2 is 1.84 bits per heavy atom. The molecule has 5 heteroatoms. The van der Waals surface area contributed by atoms with E-state index in [2.05, 4.69) is 0 Å². The van der Waals surface area contributed by atoms with Gasteiger partial charge in [-0.2, -0.15) is 0 Å². The molecule has 2 aromatic carbocycles. The molecule has 0 spiro atoms. The molecule has 0 heterocycles. The third kappa shape index (κ3) is 3.05. The van der Waals surface area contributed by atoms with E-state index in [1.165, 1.54) is 6.07 Å². The molecule has 0 aliphatic rings. The molecule has 0 amide bonds. The van der Waals surface area contributed by atoms with Crippen LogP contribution in [0.4, 0.5) is 4.39 Å². The minimum atomic E-state index is -0.480. The number of thioether (sulfide) groups is 1. The van der Waals surface area contributed by atoms with Crippen LogP contribution in [0, 0.1) is 5.82 Å². The van der Waals surface area contributed by atoms with E-state index in [0.29, 0.717) is 11.5 Å². The molecule has 0 aromatic heterocycles. The monoisotopic (exact) mass is 293 g/mol. The molecule has 0 aliphatic heterocycles. The number of nitrogens with two attached hydrogens (primary N) is 1. The zero-order valence-electron chi connectivity index (χ0n) is 10.2. The second-order valence-corrected chi connectivity index (χ2v) is 5.02. The maximum Gasteiger partial charge on any atom is 0.141 e. The Kier molecular flexibility index (Phi) is 4.39. The lowest BCUT2D eigenvalue weighted by Gasteiger charge is -2.13. The van der Waals surface area contributed by atoms with Crippen LogP contribution in [0.3, 0.4) is 0 Å². The van der Waals surface area contributed by atoms with Crippen LogP contribution < -0.4 is 10.5 Å². The molecule has 0 unspecified atom stereocenters. The summed E-state index contributed by atoms with van der Waals surface area (Å²) in [7, 11) is 0. The van der Waals surface area contributed by atoms with E-state index >= 15 is 0 Å². The summed E-state index contributed by atoms with van der Waals surface area (Å²) in [4.78, 5) is 0.940. The minimum absolute atomic E-state index is 0.0188. The number of hydrogen-bond acceptors (Lipinski definition) is 3. The number of benzene rings is 2. The fourth-order valence-electron chi connectivity index (χ4n) is 1.65. The van der Waals surface area contributed by atoms with Crippen molar-refractivity contribution in [2.24, 2.45) is 5.73 Å². The summed E-state index contributed by atoms with van der Waals surface area (Å²) >= 11 is 6.42. The Morgan fingerprint density at radius 3 is 2.53 bits per heavy atom. The van der Waals surface area contributed by atoms with E-state index < -0.39 is 5.82 Å². The summed E-state index contributed by atoms with van der Waals surface area (Å²) in [6.45, 7) is 0. The number of para-hydroxylation sites is 1. The van der Waals surface area contributed by atoms with Crippen molar-refractivity contribution in [3.05, 3.63) is 53.8 Å². The highest BCUT2D eigenvalue weighted by Crippen LogP contribution is 2.33. The molecule has 0 saturated heterocycles. The molecule has 98 valence electrons. The molecule has 2 aromatic rings. The normalized spacial score (nSPS) is 10.2. The number of rotatable bonds is 4. The van der Waals surface area contributed by atoms with Crippen LogP contribution in [0.25, 0.3) is 0 Å². The third-order valence-corrected chi connectivity index (χ3v) is 3.49. The second kappa shape index (κ2) is 6.04. The second-order valence-electron chi connectivity index (χ2n) is 3.73. The van der Waals surface area contributed by atoms with E-state index in [0.717, 1.165) is 4.90 Å². The van der Waals surface area contributed by atoms with Gasteiger partial charge in [0.05, 0.1) is 5.56 Å². The summed E-state index contributed by atoms with van der Waals surface area (Å²) in [6, 6.07) is 12.0. The van der Waals surface area contributed by atoms with E-state index in [9.17, 15) is 4.39 Å². The Balaban J connectivity index is 2.44. The maximum atomic E-state index is 13.7. The van der Waals surface area contributed by atoms with Crippen molar-refractivity contribution in [1.29, 1.82) is 0 Å². The predicted octanol–water partition coefficient (Wildman–Crippen LogP) is 3.97. The maximum absolute atomic E-state index is 13.7. The van der Waals surface area contributed by atoms with Crippen LogP contribution in [0.1, 0.15) is 5.56 Å². The lowest BCUT2D eigenvalue weighted by Crippen LogP contribution is -2.13. The Bertz CT molecular complexity index is 616. The molecule has 0 radical (unpaired) electrons. The van der Waals surface area contributed by atoms with Gasteiger partial charge in [0.15, 0.2) is 0 Å². The standard InChI is InChI=1S/C14H12FNOS2/c1-19-12-8-3-2-6-10(12)17-11-7-4-5-9(15)13(11)14(16)18/h2-8H,1H3,(H2,16,18). The van der Waals surface area contributed by atoms with Gasteiger partial charge in [-0.05, 0) is 30.5 Å². The average Bonchev–Trinajstić information content (AvgIpc) is 2.39. The highest BCUT2D eigenvalue weighted by atomic mass is 32.2. The quantitative estimate of drug-likeness (QED) is 0.683. The summed E-state index contributed by atoms with van der Waals surface area (Å²) in [5.41, 5.74) is 5.68. The van der Waals surface area contributed by atoms with Gasteiger partial charge in [-0.1, -0.05) is 30.4 Å². The van der Waals surface area contributed by atoms with Gasteiger partial charge < -0.3 is 10.5 Å². The molecule has 19 heavy (non-hydrogen) atoms. The van der Waals surface area contributed by atoms with Crippen molar-refractivity contribution in [3.8, 4) is 11.5 Å². The third-order valence-electron chi connectivity index (χ3n) is 2.51. The predicted molar refractivity (Wildman–Crippen MR) is 80.6 cm³/mol. The lowest BCUT2D eigenvalue weighted by molar-refractivity contribution is 0.464. The first kappa shape index (κ1) is 13.8. The van der Waals surface area contributed by atoms with Crippen molar-refractivity contribution in [3.63, 3.8) is 0 Å². The molecule has 2 N–H and O–H groups in total. The topological polar surface area (TPSA) is 35.2 Å². The van der Waals surface area contributed by atoms with Gasteiger partial charge in [-0.15, -0.1) is 11.8 Å². The van der Waals surface area contributed by atoms with Crippen molar-refractivity contribution in [1.82, 2.24) is 0 Å². The fraction of sp³-hybridized carbons (Fsp3) is 0.0714. The van der Waals surface area contributed by atoms with Crippen LogP contribution in [0.2, 0.25) is 0 Å². The smallest absolute Gasteiger partial charge is 0.141 e. The van der Waals surface area contributed by atoms with Gasteiger partial charge in [0, 0.05) is 4.90 Å². The molecule has 0 aliphatic carbocycles. The fourth-order valence-corrected chi connectivity index (χ4v) is 2.37. The van der Waals surface area contributed by atoms with Crippen LogP contribution in [-0.2, 0) is 0 Å². The Labute approximate surface area is 120 Å². The van der Waals surface area contributed by atoms with Gasteiger partial charge in [0.25, 0.3) is 0 Å². The van der Waals surface area contributed by atoms with Gasteiger partial charge in [-0.3, -0.25) is 0 Å². The van der Waals surface area contributed by atoms with E-state index in [1.807, 2.05) is 30.5 Å². The first-order valence-corrected chi connectivity index (χ1v) is 7.16. The van der Waals surface area contributed by atoms with Crippen molar-refractivity contribution in [2.75, 3.05) is 6.26 Å². The van der Waals surface area contributed by atoms with Crippen LogP contribution in [-0.4, -0.2) is 11.2 Å². The zero-order valence-corrected chi connectivity index (χ0v) is 11.9. The van der Waals surface area contributed by atoms with E-state index in [1.54, 1.807) is 23.9 Å². The first-order chi connectivity index (χ1) is 9.13. The highest BCUT2D eigenvalue weighted by molar-refractivity contribution is 7.98. The zero-order chi connectivity index (χ0) is 13.8. The first-order valence-electron chi connectivity index (χ1n) is 5.52. The summed E-state index contributed by atoms with van der Waals surface area (Å²) in [5, 5.41) is 0. The molecule has 0 bridgehead atoms. The van der Waals surface area contributed by atoms with Gasteiger partial charge in [0.1, 0.15) is 22.3 Å². The van der Waals surface area contributed by atoms with Gasteiger partial charge in [-0.25, -0.2) is 4.39 Å². The van der Waals surface area contributed by atoms with Crippen LogP contribution >= 0.6 is 24.0 Å². The highest BCUT2D eigenvalue weighted by Gasteiger charge is 2.14. The van der Waals surface area contributed by atoms with Gasteiger partial charge >= 0.3 is 0 Å². The molecule has 2 nitrogen and oxygen atoms in total. The van der Waals surface area contributed by atoms with E-state index in [4.69, 9.17) is 22.7 Å². The molecule has 0 atom stereocenters.